The molecule has 0 saturated carbocycles. The highest BCUT2D eigenvalue weighted by Crippen LogP contribution is 2.30. The van der Waals surface area contributed by atoms with E-state index in [0.29, 0.717) is 5.75 Å². The molecular weight excluding hydrogens is 479 g/mol. The first-order chi connectivity index (χ1) is 17.5. The average Bonchev–Trinajstić information content (AvgIpc) is 3.42. The van der Waals surface area contributed by atoms with Crippen molar-refractivity contribution >= 4 is 28.8 Å². The predicted octanol–water partition coefficient (Wildman–Crippen LogP) is 3.58. The van der Waals surface area contributed by atoms with E-state index in [1.54, 1.807) is 30.6 Å². The van der Waals surface area contributed by atoms with Crippen LogP contribution in [0.25, 0.3) is 0 Å². The molecule has 1 saturated heterocycles. The van der Waals surface area contributed by atoms with Gasteiger partial charge in [0, 0.05) is 54.9 Å². The maximum Gasteiger partial charge on any atom is 0.309 e. The van der Waals surface area contributed by atoms with Crippen LogP contribution in [0.4, 0.5) is 10.1 Å². The molecule has 2 aromatic carbocycles. The van der Waals surface area contributed by atoms with Gasteiger partial charge in [0.1, 0.15) is 11.6 Å². The average molecular weight is 511 g/mol. The van der Waals surface area contributed by atoms with Crippen molar-refractivity contribution in [1.29, 1.82) is 0 Å². The van der Waals surface area contributed by atoms with E-state index in [4.69, 9.17) is 4.74 Å². The Morgan fingerprint density at radius 3 is 2.39 bits per heavy atom. The SMILES string of the molecule is COc1ccccc1CNC(=O)C(=O)N[C@H](C)[C@H](c1cccs1)N1CCN(c2ccc(F)cc2)CC1. The second-order valence-electron chi connectivity index (χ2n) is 8.72. The van der Waals surface area contributed by atoms with Gasteiger partial charge in [-0.15, -0.1) is 11.3 Å². The summed E-state index contributed by atoms with van der Waals surface area (Å²) in [5, 5.41) is 7.61. The minimum atomic E-state index is -0.682. The van der Waals surface area contributed by atoms with E-state index in [1.807, 2.05) is 42.6 Å². The molecule has 0 radical (unpaired) electrons. The molecule has 1 fully saturated rings. The van der Waals surface area contributed by atoms with Gasteiger partial charge in [0.25, 0.3) is 0 Å². The number of nitrogens with zero attached hydrogens (tertiary/aromatic N) is 2. The number of amides is 2. The molecule has 0 bridgehead atoms. The molecule has 1 aliphatic heterocycles. The van der Waals surface area contributed by atoms with E-state index in [0.717, 1.165) is 42.3 Å². The molecule has 1 aromatic heterocycles. The third-order valence-electron chi connectivity index (χ3n) is 6.40. The summed E-state index contributed by atoms with van der Waals surface area (Å²) in [6, 6.07) is 17.6. The summed E-state index contributed by atoms with van der Waals surface area (Å²) in [5.41, 5.74) is 1.79. The summed E-state index contributed by atoms with van der Waals surface area (Å²) in [7, 11) is 1.57. The van der Waals surface area contributed by atoms with E-state index in [9.17, 15) is 14.0 Å². The van der Waals surface area contributed by atoms with Gasteiger partial charge in [-0.1, -0.05) is 24.3 Å². The van der Waals surface area contributed by atoms with Crippen molar-refractivity contribution in [1.82, 2.24) is 15.5 Å². The number of hydrogen-bond acceptors (Lipinski definition) is 6. The first-order valence-electron chi connectivity index (χ1n) is 11.9. The van der Waals surface area contributed by atoms with Crippen molar-refractivity contribution in [3.8, 4) is 5.75 Å². The number of nitrogens with one attached hydrogen (secondary N) is 2. The maximum absolute atomic E-state index is 13.3. The number of hydrogen-bond donors (Lipinski definition) is 2. The van der Waals surface area contributed by atoms with Crippen LogP contribution in [0.1, 0.15) is 23.4 Å². The molecule has 36 heavy (non-hydrogen) atoms. The summed E-state index contributed by atoms with van der Waals surface area (Å²) < 4.78 is 18.6. The normalized spacial score (nSPS) is 15.7. The number of ether oxygens (including phenoxy) is 1. The summed E-state index contributed by atoms with van der Waals surface area (Å²) >= 11 is 1.64. The van der Waals surface area contributed by atoms with Crippen LogP contribution in [-0.4, -0.2) is 56.0 Å². The third kappa shape index (κ3) is 6.22. The Balaban J connectivity index is 1.37. The molecule has 0 unspecified atom stereocenters. The monoisotopic (exact) mass is 510 g/mol. The molecule has 2 atom stereocenters. The lowest BCUT2D eigenvalue weighted by Gasteiger charge is -2.42. The van der Waals surface area contributed by atoms with Crippen molar-refractivity contribution in [2.75, 3.05) is 38.2 Å². The number of halogens is 1. The standard InChI is InChI=1S/C27H31FN4O3S/c1-19(30-27(34)26(33)29-18-20-6-3-4-7-23(20)35-2)25(24-8-5-17-36-24)32-15-13-31(14-16-32)22-11-9-21(28)10-12-22/h3-12,17,19,25H,13-16,18H2,1-2H3,(H,29,33)(H,30,34)/t19-,25-/m1/s1. The summed E-state index contributed by atoms with van der Waals surface area (Å²) in [5.74, 6) is -0.932. The zero-order chi connectivity index (χ0) is 25.5. The van der Waals surface area contributed by atoms with Crippen LogP contribution in [0.5, 0.6) is 5.75 Å². The van der Waals surface area contributed by atoms with Crippen LogP contribution in [0.15, 0.2) is 66.0 Å². The lowest BCUT2D eigenvalue weighted by atomic mass is 10.0. The lowest BCUT2D eigenvalue weighted by molar-refractivity contribution is -0.140. The number of benzene rings is 2. The van der Waals surface area contributed by atoms with Crippen molar-refractivity contribution < 1.29 is 18.7 Å². The number of methoxy groups -OCH3 is 1. The number of carbonyl (C=O) groups is 2. The molecule has 2 N–H and O–H groups in total. The first kappa shape index (κ1) is 25.7. The summed E-state index contributed by atoms with van der Waals surface area (Å²) in [4.78, 5) is 31.0. The van der Waals surface area contributed by atoms with Gasteiger partial charge in [0.2, 0.25) is 0 Å². The quantitative estimate of drug-likeness (QED) is 0.453. The molecular formula is C27H31FN4O3S. The van der Waals surface area contributed by atoms with Gasteiger partial charge in [-0.2, -0.15) is 0 Å². The maximum atomic E-state index is 13.3. The number of carbonyl (C=O) groups excluding carboxylic acids is 2. The van der Waals surface area contributed by atoms with Crippen LogP contribution in [0.3, 0.4) is 0 Å². The molecule has 2 heterocycles. The second kappa shape index (κ2) is 12.0. The van der Waals surface area contributed by atoms with Gasteiger partial charge < -0.3 is 20.3 Å². The fourth-order valence-electron chi connectivity index (χ4n) is 4.57. The van der Waals surface area contributed by atoms with E-state index >= 15 is 0 Å². The Labute approximate surface area is 214 Å². The van der Waals surface area contributed by atoms with E-state index in [1.165, 1.54) is 12.1 Å². The zero-order valence-corrected chi connectivity index (χ0v) is 21.3. The Morgan fingerprint density at radius 1 is 1.00 bits per heavy atom. The van der Waals surface area contributed by atoms with Crippen LogP contribution < -0.4 is 20.3 Å². The highest BCUT2D eigenvalue weighted by Gasteiger charge is 2.32. The van der Waals surface area contributed by atoms with Crippen molar-refractivity contribution in [3.05, 3.63) is 82.3 Å². The molecule has 0 aliphatic carbocycles. The van der Waals surface area contributed by atoms with Crippen LogP contribution in [-0.2, 0) is 16.1 Å². The van der Waals surface area contributed by atoms with Crippen LogP contribution >= 0.6 is 11.3 Å². The van der Waals surface area contributed by atoms with Crippen molar-refractivity contribution in [2.45, 2.75) is 25.6 Å². The number of piperazine rings is 1. The topological polar surface area (TPSA) is 73.9 Å². The molecule has 4 rings (SSSR count). The first-order valence-corrected chi connectivity index (χ1v) is 12.8. The fraction of sp³-hybridized carbons (Fsp3) is 0.333. The van der Waals surface area contributed by atoms with E-state index < -0.39 is 11.8 Å². The van der Waals surface area contributed by atoms with Gasteiger partial charge in [-0.25, -0.2) is 4.39 Å². The summed E-state index contributed by atoms with van der Waals surface area (Å²) in [6.07, 6.45) is 0. The van der Waals surface area contributed by atoms with E-state index in [2.05, 4.69) is 26.5 Å². The Morgan fingerprint density at radius 2 is 1.72 bits per heavy atom. The minimum Gasteiger partial charge on any atom is -0.496 e. The highest BCUT2D eigenvalue weighted by molar-refractivity contribution is 7.10. The van der Waals surface area contributed by atoms with E-state index in [-0.39, 0.29) is 24.4 Å². The van der Waals surface area contributed by atoms with Crippen LogP contribution in [0.2, 0.25) is 0 Å². The second-order valence-corrected chi connectivity index (χ2v) is 9.70. The summed E-state index contributed by atoms with van der Waals surface area (Å²) in [6.45, 7) is 5.26. The fourth-order valence-corrected chi connectivity index (χ4v) is 5.53. The Kier molecular flexibility index (Phi) is 8.56. The van der Waals surface area contributed by atoms with Gasteiger partial charge in [0.05, 0.1) is 13.2 Å². The molecule has 1 aliphatic rings. The van der Waals surface area contributed by atoms with Crippen molar-refractivity contribution in [2.24, 2.45) is 0 Å². The number of rotatable bonds is 8. The molecule has 190 valence electrons. The number of anilines is 1. The van der Waals surface area contributed by atoms with Gasteiger partial charge in [0.15, 0.2) is 0 Å². The largest absolute Gasteiger partial charge is 0.496 e. The highest BCUT2D eigenvalue weighted by atomic mass is 32.1. The lowest BCUT2D eigenvalue weighted by Crippen LogP contribution is -2.53. The van der Waals surface area contributed by atoms with Gasteiger partial charge in [-0.3, -0.25) is 14.5 Å². The molecule has 3 aromatic rings. The van der Waals surface area contributed by atoms with Crippen LogP contribution in [0, 0.1) is 5.82 Å². The molecule has 2 amide bonds. The van der Waals surface area contributed by atoms with Crippen molar-refractivity contribution in [3.63, 3.8) is 0 Å². The molecule has 0 spiro atoms. The molecule has 7 nitrogen and oxygen atoms in total. The Bertz CT molecular complexity index is 1150. The number of para-hydroxylation sites is 1. The molecule has 9 heteroatoms. The predicted molar refractivity (Wildman–Crippen MR) is 140 cm³/mol. The minimum absolute atomic E-state index is 0.0636. The van der Waals surface area contributed by atoms with Gasteiger partial charge in [-0.05, 0) is 48.7 Å². The zero-order valence-electron chi connectivity index (χ0n) is 20.4. The number of thiophene rings is 1. The van der Waals surface area contributed by atoms with Gasteiger partial charge >= 0.3 is 11.8 Å². The third-order valence-corrected chi connectivity index (χ3v) is 7.35. The smallest absolute Gasteiger partial charge is 0.309 e. The Hall–Kier alpha value is -3.43.